The number of hydrogen-bond acceptors (Lipinski definition) is 6. The first kappa shape index (κ1) is 22.5. The lowest BCUT2D eigenvalue weighted by atomic mass is 9.95. The molecule has 1 saturated carbocycles. The van der Waals surface area contributed by atoms with Crippen LogP contribution in [0.1, 0.15) is 55.6 Å². The van der Waals surface area contributed by atoms with Crippen LogP contribution in [0, 0.1) is 24.0 Å². The van der Waals surface area contributed by atoms with Crippen LogP contribution >= 0.6 is 0 Å². The summed E-state index contributed by atoms with van der Waals surface area (Å²) < 4.78 is 40.3. The van der Waals surface area contributed by atoms with Gasteiger partial charge in [0.1, 0.15) is 12.6 Å². The molecule has 0 bridgehead atoms. The third kappa shape index (κ3) is 5.06. The summed E-state index contributed by atoms with van der Waals surface area (Å²) in [6, 6.07) is 8.67. The lowest BCUT2D eigenvalue weighted by Crippen LogP contribution is -2.23. The molecular weight excluding hydrogens is 428 g/mol. The van der Waals surface area contributed by atoms with Crippen LogP contribution in [0.5, 0.6) is 11.5 Å². The number of rotatable bonds is 8. The first-order valence-electron chi connectivity index (χ1n) is 10.8. The van der Waals surface area contributed by atoms with Crippen LogP contribution in [0.15, 0.2) is 36.4 Å². The molecule has 7 nitrogen and oxygen atoms in total. The third-order valence-electron chi connectivity index (χ3n) is 5.76. The number of terminal acetylenes is 1. The lowest BCUT2D eigenvalue weighted by molar-refractivity contribution is 0.315. The fraction of sp³-hybridized carbons (Fsp3) is 0.375. The summed E-state index contributed by atoms with van der Waals surface area (Å²) in [5.74, 6) is 2.12. The predicted octanol–water partition coefficient (Wildman–Crippen LogP) is 4.68. The Morgan fingerprint density at radius 2 is 1.94 bits per heavy atom. The molecule has 1 aromatic heterocycles. The first-order chi connectivity index (χ1) is 16.1. The minimum atomic E-state index is -0.943. The highest BCUT2D eigenvalue weighted by Crippen LogP contribution is 2.36. The van der Waals surface area contributed by atoms with Gasteiger partial charge in [0.15, 0.2) is 29.0 Å². The number of nitrogens with one attached hydrogen (secondary N) is 1. The molecule has 1 heterocycles. The van der Waals surface area contributed by atoms with Gasteiger partial charge >= 0.3 is 0 Å². The molecule has 4 rings (SSSR count). The molecule has 3 aromatic rings. The molecule has 0 radical (unpaired) electrons. The maximum Gasteiger partial charge on any atom is 0.178 e. The van der Waals surface area contributed by atoms with Gasteiger partial charge in [-0.2, -0.15) is 0 Å². The van der Waals surface area contributed by atoms with E-state index in [4.69, 9.17) is 15.9 Å². The summed E-state index contributed by atoms with van der Waals surface area (Å²) in [6.07, 6.45) is 10.7. The monoisotopic (exact) mass is 453 g/mol. The van der Waals surface area contributed by atoms with E-state index in [1.807, 2.05) is 10.7 Å². The third-order valence-corrected chi connectivity index (χ3v) is 5.76. The second kappa shape index (κ2) is 10.3. The summed E-state index contributed by atoms with van der Waals surface area (Å²) >= 11 is 0. The second-order valence-corrected chi connectivity index (χ2v) is 7.88. The average molecular weight is 453 g/mol. The van der Waals surface area contributed by atoms with Crippen molar-refractivity contribution < 1.29 is 18.3 Å². The van der Waals surface area contributed by atoms with Crippen molar-refractivity contribution in [3.63, 3.8) is 0 Å². The molecule has 172 valence electrons. The smallest absolute Gasteiger partial charge is 0.178 e. The maximum atomic E-state index is 13.9. The van der Waals surface area contributed by atoms with E-state index in [1.165, 1.54) is 19.6 Å². The van der Waals surface area contributed by atoms with Crippen molar-refractivity contribution in [3.8, 4) is 23.8 Å². The van der Waals surface area contributed by atoms with Gasteiger partial charge in [0.25, 0.3) is 0 Å². The molecule has 0 aliphatic heterocycles. The zero-order valence-electron chi connectivity index (χ0n) is 18.3. The fourth-order valence-electron chi connectivity index (χ4n) is 4.13. The van der Waals surface area contributed by atoms with Crippen molar-refractivity contribution in [1.82, 2.24) is 20.2 Å². The van der Waals surface area contributed by atoms with Crippen molar-refractivity contribution >= 4 is 5.69 Å². The molecule has 0 saturated heterocycles. The molecule has 0 spiro atoms. The number of aromatic nitrogens is 4. The molecule has 9 heteroatoms. The van der Waals surface area contributed by atoms with E-state index >= 15 is 0 Å². The van der Waals surface area contributed by atoms with Gasteiger partial charge in [-0.25, -0.2) is 13.5 Å². The zero-order chi connectivity index (χ0) is 23.2. The number of benzene rings is 2. The van der Waals surface area contributed by atoms with Gasteiger partial charge in [0.05, 0.1) is 13.2 Å². The molecule has 33 heavy (non-hydrogen) atoms. The Kier molecular flexibility index (Phi) is 7.03. The quantitative estimate of drug-likeness (QED) is 0.500. The van der Waals surface area contributed by atoms with Gasteiger partial charge in [-0.15, -0.1) is 11.5 Å². The molecule has 1 aliphatic rings. The standard InChI is InChI=1S/C24H25F2N5O2/c1-3-13-33-21-12-9-16(14-22(21)32-2)23(27-17-10-11-19(25)20(26)15-17)24-28-29-30-31(24)18-7-5-4-6-8-18/h1,9-12,14-15,18,23,27H,4-8,13H2,2H3. The summed E-state index contributed by atoms with van der Waals surface area (Å²) in [5.41, 5.74) is 1.15. The Morgan fingerprint density at radius 1 is 1.12 bits per heavy atom. The number of nitrogens with zero attached hydrogens (tertiary/aromatic N) is 4. The molecule has 1 atom stereocenters. The van der Waals surface area contributed by atoms with Crippen molar-refractivity contribution in [2.24, 2.45) is 0 Å². The van der Waals surface area contributed by atoms with Crippen LogP contribution in [0.2, 0.25) is 0 Å². The highest BCUT2D eigenvalue weighted by molar-refractivity contribution is 5.51. The van der Waals surface area contributed by atoms with Gasteiger partial charge in [0, 0.05) is 11.8 Å². The highest BCUT2D eigenvalue weighted by Gasteiger charge is 2.27. The average Bonchev–Trinajstić information content (AvgIpc) is 3.33. The van der Waals surface area contributed by atoms with Crippen molar-refractivity contribution in [2.45, 2.75) is 44.2 Å². The Bertz CT molecular complexity index is 1140. The molecule has 1 N–H and O–H groups in total. The summed E-state index contributed by atoms with van der Waals surface area (Å²) in [6.45, 7) is 0.103. The highest BCUT2D eigenvalue weighted by atomic mass is 19.2. The maximum absolute atomic E-state index is 13.9. The zero-order valence-corrected chi connectivity index (χ0v) is 18.3. The Hall–Kier alpha value is -3.67. The number of hydrogen-bond donors (Lipinski definition) is 1. The van der Waals surface area contributed by atoms with Crippen LogP contribution in [-0.2, 0) is 0 Å². The first-order valence-corrected chi connectivity index (χ1v) is 10.8. The van der Waals surface area contributed by atoms with Crippen molar-refractivity contribution in [3.05, 3.63) is 59.4 Å². The minimum Gasteiger partial charge on any atom is -0.493 e. The number of methoxy groups -OCH3 is 1. The van der Waals surface area contributed by atoms with E-state index in [0.717, 1.165) is 43.4 Å². The Morgan fingerprint density at radius 3 is 2.67 bits per heavy atom. The lowest BCUT2D eigenvalue weighted by Gasteiger charge is -2.26. The van der Waals surface area contributed by atoms with E-state index in [-0.39, 0.29) is 12.6 Å². The molecule has 1 unspecified atom stereocenters. The van der Waals surface area contributed by atoms with E-state index in [1.54, 1.807) is 12.1 Å². The van der Waals surface area contributed by atoms with E-state index in [0.29, 0.717) is 23.0 Å². The SMILES string of the molecule is C#CCOc1ccc(C(Nc2ccc(F)c(F)c2)c2nnnn2C2CCCCC2)cc1OC. The van der Waals surface area contributed by atoms with Gasteiger partial charge in [0.2, 0.25) is 0 Å². The normalized spacial score (nSPS) is 15.0. The topological polar surface area (TPSA) is 74.1 Å². The minimum absolute atomic E-state index is 0.103. The summed E-state index contributed by atoms with van der Waals surface area (Å²) in [4.78, 5) is 0. The van der Waals surface area contributed by atoms with Crippen LogP contribution in [-0.4, -0.2) is 33.9 Å². The van der Waals surface area contributed by atoms with Crippen molar-refractivity contribution in [1.29, 1.82) is 0 Å². The fourth-order valence-corrected chi connectivity index (χ4v) is 4.13. The second-order valence-electron chi connectivity index (χ2n) is 7.88. The van der Waals surface area contributed by atoms with Crippen molar-refractivity contribution in [2.75, 3.05) is 19.0 Å². The predicted molar refractivity (Wildman–Crippen MR) is 119 cm³/mol. The Labute approximate surface area is 191 Å². The van der Waals surface area contributed by atoms with E-state index in [9.17, 15) is 8.78 Å². The summed E-state index contributed by atoms with van der Waals surface area (Å²) in [7, 11) is 1.53. The molecular formula is C24H25F2N5O2. The van der Waals surface area contributed by atoms with Crippen LogP contribution < -0.4 is 14.8 Å². The van der Waals surface area contributed by atoms with Crippen LogP contribution in [0.3, 0.4) is 0 Å². The molecule has 0 amide bonds. The van der Waals surface area contributed by atoms with Crippen LogP contribution in [0.25, 0.3) is 0 Å². The number of ether oxygens (including phenoxy) is 2. The van der Waals surface area contributed by atoms with Gasteiger partial charge in [-0.05, 0) is 53.1 Å². The Balaban J connectivity index is 1.75. The summed E-state index contributed by atoms with van der Waals surface area (Å²) in [5, 5.41) is 15.8. The number of anilines is 1. The largest absolute Gasteiger partial charge is 0.493 e. The molecule has 1 aliphatic carbocycles. The van der Waals surface area contributed by atoms with Gasteiger partial charge in [-0.1, -0.05) is 31.2 Å². The van der Waals surface area contributed by atoms with E-state index in [2.05, 4.69) is 26.8 Å². The number of halogens is 2. The van der Waals surface area contributed by atoms with E-state index < -0.39 is 17.7 Å². The van der Waals surface area contributed by atoms with Crippen LogP contribution in [0.4, 0.5) is 14.5 Å². The number of tetrazole rings is 1. The molecule has 1 fully saturated rings. The molecule has 2 aromatic carbocycles. The van der Waals surface area contributed by atoms with Gasteiger partial charge < -0.3 is 14.8 Å². The van der Waals surface area contributed by atoms with Gasteiger partial charge in [-0.3, -0.25) is 0 Å².